The number of fused-ring (bicyclic) bond motifs is 2. The van der Waals surface area contributed by atoms with E-state index in [1.165, 1.54) is 9.13 Å². The van der Waals surface area contributed by atoms with Crippen molar-refractivity contribution < 1.29 is 9.90 Å². The highest BCUT2D eigenvalue weighted by Crippen LogP contribution is 2.46. The molecule has 2 aliphatic heterocycles. The standard InChI is InChI=1S/C26H22I2N2O2/c1-25(2)17-9-13(27)5-7-19(17)29-21(25)11-15-23(31)16(24(15)32)12-22-26(3,4)18-10-14(28)6-8-20(18)30-22/h5-12,29,31H,1-4H3/b16-12-,21-11-. The monoisotopic (exact) mass is 648 g/mol. The Labute approximate surface area is 214 Å². The molecule has 2 aromatic carbocycles. The van der Waals surface area contributed by atoms with Gasteiger partial charge in [-0.05, 0) is 105 Å². The van der Waals surface area contributed by atoms with E-state index in [-0.39, 0.29) is 22.4 Å². The summed E-state index contributed by atoms with van der Waals surface area (Å²) in [7, 11) is 0. The Balaban J connectivity index is 1.49. The molecule has 0 saturated carbocycles. The van der Waals surface area contributed by atoms with Crippen molar-refractivity contribution in [3.8, 4) is 0 Å². The van der Waals surface area contributed by atoms with Crippen LogP contribution in [0.4, 0.5) is 11.4 Å². The maximum absolute atomic E-state index is 13.0. The molecule has 4 nitrogen and oxygen atoms in total. The van der Waals surface area contributed by atoms with Crippen molar-refractivity contribution in [2.45, 2.75) is 38.5 Å². The molecular weight excluding hydrogens is 626 g/mol. The summed E-state index contributed by atoms with van der Waals surface area (Å²) in [6.07, 6.45) is 3.54. The van der Waals surface area contributed by atoms with Crippen molar-refractivity contribution in [2.24, 2.45) is 4.99 Å². The molecule has 0 bridgehead atoms. The van der Waals surface area contributed by atoms with Crippen LogP contribution in [-0.2, 0) is 15.6 Å². The van der Waals surface area contributed by atoms with Gasteiger partial charge in [0.15, 0.2) is 0 Å². The number of aliphatic imine (C=N–C) groups is 1. The fourth-order valence-electron chi connectivity index (χ4n) is 4.52. The summed E-state index contributed by atoms with van der Waals surface area (Å²) in [6.45, 7) is 8.45. The predicted molar refractivity (Wildman–Crippen MR) is 146 cm³/mol. The van der Waals surface area contributed by atoms with Crippen molar-refractivity contribution in [3.63, 3.8) is 0 Å². The third-order valence-electron chi connectivity index (χ3n) is 6.68. The topological polar surface area (TPSA) is 61.7 Å². The van der Waals surface area contributed by atoms with Crippen LogP contribution in [0.1, 0.15) is 38.8 Å². The SMILES string of the molecule is CC1(C)C(/C=C2\C(=O)C(/C=C3\Nc4ccc(I)cc4C3(C)C)=C2O)=Nc2ccc(I)cc21. The number of nitrogens with zero attached hydrogens (tertiary/aromatic N) is 1. The van der Waals surface area contributed by atoms with Crippen molar-refractivity contribution >= 4 is 68.1 Å². The number of carbonyl (C=O) groups is 1. The van der Waals surface area contributed by atoms with Crippen LogP contribution in [0.15, 0.2) is 76.1 Å². The molecule has 162 valence electrons. The average molecular weight is 648 g/mol. The Kier molecular flexibility index (Phi) is 4.98. The molecular formula is C26H22I2N2O2. The smallest absolute Gasteiger partial charge is 0.200 e. The number of anilines is 1. The van der Waals surface area contributed by atoms with Crippen LogP contribution in [0.3, 0.4) is 0 Å². The second-order valence-corrected chi connectivity index (χ2v) is 11.9. The summed E-state index contributed by atoms with van der Waals surface area (Å²) in [4.78, 5) is 17.8. The van der Waals surface area contributed by atoms with Gasteiger partial charge in [-0.2, -0.15) is 0 Å². The van der Waals surface area contributed by atoms with Gasteiger partial charge in [-0.15, -0.1) is 0 Å². The van der Waals surface area contributed by atoms with E-state index in [4.69, 9.17) is 4.99 Å². The van der Waals surface area contributed by atoms with Gasteiger partial charge in [0.1, 0.15) is 5.76 Å². The maximum Gasteiger partial charge on any atom is 0.200 e. The highest BCUT2D eigenvalue weighted by molar-refractivity contribution is 14.1. The van der Waals surface area contributed by atoms with E-state index in [0.717, 1.165) is 31.9 Å². The number of benzene rings is 2. The zero-order chi connectivity index (χ0) is 23.0. The van der Waals surface area contributed by atoms with Crippen LogP contribution >= 0.6 is 45.2 Å². The Bertz CT molecular complexity index is 1340. The summed E-state index contributed by atoms with van der Waals surface area (Å²) in [5.74, 6) is -0.114. The highest BCUT2D eigenvalue weighted by atomic mass is 127. The Morgan fingerprint density at radius 1 is 0.938 bits per heavy atom. The van der Waals surface area contributed by atoms with Crippen LogP contribution in [0, 0.1) is 7.14 Å². The summed E-state index contributed by atoms with van der Waals surface area (Å²) in [5.41, 5.74) is 6.05. The number of carbonyl (C=O) groups excluding carboxylic acids is 1. The maximum atomic E-state index is 13.0. The molecule has 0 spiro atoms. The molecule has 32 heavy (non-hydrogen) atoms. The molecule has 3 aliphatic rings. The average Bonchev–Trinajstić information content (AvgIpc) is 3.13. The molecule has 5 rings (SSSR count). The van der Waals surface area contributed by atoms with E-state index in [0.29, 0.717) is 11.1 Å². The number of ketones is 1. The highest BCUT2D eigenvalue weighted by Gasteiger charge is 2.40. The van der Waals surface area contributed by atoms with Gasteiger partial charge in [-0.3, -0.25) is 9.79 Å². The predicted octanol–water partition coefficient (Wildman–Crippen LogP) is 6.87. The third-order valence-corrected chi connectivity index (χ3v) is 8.02. The van der Waals surface area contributed by atoms with Crippen LogP contribution in [-0.4, -0.2) is 16.6 Å². The number of nitrogens with one attached hydrogen (secondary N) is 1. The largest absolute Gasteiger partial charge is 0.506 e. The first-order valence-electron chi connectivity index (χ1n) is 10.4. The first-order chi connectivity index (χ1) is 15.0. The lowest BCUT2D eigenvalue weighted by Gasteiger charge is -2.25. The van der Waals surface area contributed by atoms with Gasteiger partial charge >= 0.3 is 0 Å². The molecule has 2 N–H and O–H groups in total. The summed E-state index contributed by atoms with van der Waals surface area (Å²) >= 11 is 4.61. The minimum atomic E-state index is -0.327. The van der Waals surface area contributed by atoms with Gasteiger partial charge in [0, 0.05) is 29.4 Å². The Hall–Kier alpha value is -1.94. The molecule has 1 aliphatic carbocycles. The van der Waals surface area contributed by atoms with Crippen LogP contribution in [0.25, 0.3) is 0 Å². The first kappa shape index (κ1) is 21.9. The zero-order valence-electron chi connectivity index (χ0n) is 18.2. The normalized spacial score (nSPS) is 22.6. The van der Waals surface area contributed by atoms with Crippen molar-refractivity contribution in [1.82, 2.24) is 0 Å². The Morgan fingerprint density at radius 2 is 1.59 bits per heavy atom. The number of aliphatic hydroxyl groups is 1. The van der Waals surface area contributed by atoms with Crippen LogP contribution in [0.5, 0.6) is 0 Å². The van der Waals surface area contributed by atoms with E-state index in [2.05, 4.69) is 102 Å². The first-order valence-corrected chi connectivity index (χ1v) is 12.5. The lowest BCUT2D eigenvalue weighted by Crippen LogP contribution is -2.28. The second kappa shape index (κ2) is 7.28. The number of rotatable bonds is 2. The van der Waals surface area contributed by atoms with Crippen molar-refractivity contribution in [3.05, 3.63) is 89.4 Å². The van der Waals surface area contributed by atoms with Crippen molar-refractivity contribution in [2.75, 3.05) is 5.32 Å². The summed E-state index contributed by atoms with van der Waals surface area (Å²) in [6, 6.07) is 12.4. The quantitative estimate of drug-likeness (QED) is 0.276. The molecule has 0 amide bonds. The van der Waals surface area contributed by atoms with E-state index >= 15 is 0 Å². The molecule has 0 atom stereocenters. The molecule has 0 saturated heterocycles. The number of allylic oxidation sites excluding steroid dienone is 5. The third kappa shape index (κ3) is 3.21. The number of aliphatic hydroxyl groups excluding tert-OH is 1. The van der Waals surface area contributed by atoms with Gasteiger partial charge < -0.3 is 10.4 Å². The zero-order valence-corrected chi connectivity index (χ0v) is 22.5. The molecule has 0 unspecified atom stereocenters. The van der Waals surface area contributed by atoms with Gasteiger partial charge in [-0.25, -0.2) is 0 Å². The van der Waals surface area contributed by atoms with Crippen LogP contribution < -0.4 is 5.32 Å². The fraction of sp³-hybridized carbons (Fsp3) is 0.231. The molecule has 6 heteroatoms. The van der Waals surface area contributed by atoms with Gasteiger partial charge in [0.25, 0.3) is 0 Å². The summed E-state index contributed by atoms with van der Waals surface area (Å²) < 4.78 is 2.32. The number of Topliss-reactive ketones (excluding diaryl/α,β-unsaturated/α-hetero) is 1. The van der Waals surface area contributed by atoms with Crippen molar-refractivity contribution in [1.29, 1.82) is 0 Å². The molecule has 0 fully saturated rings. The lowest BCUT2D eigenvalue weighted by molar-refractivity contribution is -0.113. The molecule has 0 radical (unpaired) electrons. The second-order valence-electron chi connectivity index (χ2n) is 9.43. The van der Waals surface area contributed by atoms with E-state index in [1.807, 2.05) is 12.1 Å². The molecule has 0 aromatic heterocycles. The Morgan fingerprint density at radius 3 is 2.28 bits per heavy atom. The van der Waals surface area contributed by atoms with E-state index in [1.54, 1.807) is 12.2 Å². The van der Waals surface area contributed by atoms with E-state index < -0.39 is 0 Å². The minimum absolute atomic E-state index is 0.0367. The van der Waals surface area contributed by atoms with Gasteiger partial charge in [0.05, 0.1) is 22.5 Å². The fourth-order valence-corrected chi connectivity index (χ4v) is 5.51. The van der Waals surface area contributed by atoms with Gasteiger partial charge in [-0.1, -0.05) is 27.7 Å². The lowest BCUT2D eigenvalue weighted by atomic mass is 9.77. The number of hydrogen-bond donors (Lipinski definition) is 2. The van der Waals surface area contributed by atoms with Gasteiger partial charge in [0.2, 0.25) is 5.78 Å². The molecule has 2 aromatic rings. The number of halogens is 2. The molecule has 2 heterocycles. The van der Waals surface area contributed by atoms with E-state index in [9.17, 15) is 9.90 Å². The minimum Gasteiger partial charge on any atom is -0.506 e. The summed E-state index contributed by atoms with van der Waals surface area (Å²) in [5, 5.41) is 14.2. The number of hydrogen-bond acceptors (Lipinski definition) is 4. The van der Waals surface area contributed by atoms with Crippen LogP contribution in [0.2, 0.25) is 0 Å².